The number of carbonyl (C=O) groups excluding carboxylic acids is 4. The predicted molar refractivity (Wildman–Crippen MR) is 148 cm³/mol. The lowest BCUT2D eigenvalue weighted by atomic mass is 9.96. The average Bonchev–Trinajstić information content (AvgIpc) is 3.33. The highest BCUT2D eigenvalue weighted by Gasteiger charge is 2.33. The van der Waals surface area contributed by atoms with E-state index in [1.807, 2.05) is 12.1 Å². The Morgan fingerprint density at radius 3 is 2.17 bits per heavy atom. The number of benzene rings is 1. The molecule has 0 saturated heterocycles. The number of nitrogens with two attached hydrogens (primary N) is 2. The molecule has 10 N–H and O–H groups in total. The van der Waals surface area contributed by atoms with Crippen LogP contribution in [0, 0.1) is 5.92 Å². The monoisotopic (exact) mass is 574 g/mol. The maximum absolute atomic E-state index is 13.3. The first-order valence-corrected chi connectivity index (χ1v) is 13.3. The minimum Gasteiger partial charge on any atom is -0.481 e. The lowest BCUT2D eigenvalue weighted by Crippen LogP contribution is -2.58. The molecule has 0 aliphatic rings. The van der Waals surface area contributed by atoms with Crippen molar-refractivity contribution in [2.24, 2.45) is 17.4 Å². The van der Waals surface area contributed by atoms with Crippen LogP contribution in [-0.4, -0.2) is 74.9 Å². The molecule has 4 amide bonds. The van der Waals surface area contributed by atoms with Crippen molar-refractivity contribution in [1.29, 1.82) is 0 Å². The Hall–Kier alpha value is -4.46. The zero-order chi connectivity index (χ0) is 30.7. The van der Waals surface area contributed by atoms with Crippen LogP contribution in [0.1, 0.15) is 51.5 Å². The third-order valence-electron chi connectivity index (χ3n) is 6.83. The summed E-state index contributed by atoms with van der Waals surface area (Å²) in [6, 6.07) is 2.20. The molecule has 224 valence electrons. The van der Waals surface area contributed by atoms with Gasteiger partial charge in [-0.2, -0.15) is 0 Å². The van der Waals surface area contributed by atoms with E-state index < -0.39 is 72.1 Å². The third-order valence-corrected chi connectivity index (χ3v) is 6.83. The predicted octanol–water partition coefficient (Wildman–Crippen LogP) is -0.247. The fraction of sp³-hybridized carbons (Fsp3) is 0.481. The zero-order valence-electron chi connectivity index (χ0n) is 23.0. The zero-order valence-corrected chi connectivity index (χ0v) is 23.0. The Morgan fingerprint density at radius 2 is 1.56 bits per heavy atom. The highest BCUT2D eigenvalue weighted by molar-refractivity contribution is 5.95. The SMILES string of the molecule is CC[C@H](C)[C@@H](NC(=O)[C@@H](N)CCC(N)=O)C(=O)N[C@H](CCC(=O)O)C(=O)N[C@H](Cc1c[nH]c2ccccc12)C(=O)O. The quantitative estimate of drug-likeness (QED) is 0.124. The van der Waals surface area contributed by atoms with Gasteiger partial charge < -0.3 is 42.6 Å². The van der Waals surface area contributed by atoms with E-state index >= 15 is 0 Å². The van der Waals surface area contributed by atoms with Crippen molar-refractivity contribution in [3.63, 3.8) is 0 Å². The Labute approximate surface area is 236 Å². The largest absolute Gasteiger partial charge is 0.481 e. The summed E-state index contributed by atoms with van der Waals surface area (Å²) in [5.41, 5.74) is 12.4. The molecular formula is C27H38N6O8. The molecule has 41 heavy (non-hydrogen) atoms. The van der Waals surface area contributed by atoms with E-state index in [1.54, 1.807) is 32.2 Å². The van der Waals surface area contributed by atoms with Crippen molar-refractivity contribution < 1.29 is 39.0 Å². The molecule has 0 unspecified atom stereocenters. The second-order valence-corrected chi connectivity index (χ2v) is 9.94. The highest BCUT2D eigenvalue weighted by Crippen LogP contribution is 2.19. The molecule has 0 aliphatic heterocycles. The Kier molecular flexibility index (Phi) is 12.3. The van der Waals surface area contributed by atoms with Crippen LogP contribution in [0.2, 0.25) is 0 Å². The van der Waals surface area contributed by atoms with Gasteiger partial charge in [-0.05, 0) is 30.4 Å². The molecule has 14 heteroatoms. The molecule has 14 nitrogen and oxygen atoms in total. The summed E-state index contributed by atoms with van der Waals surface area (Å²) in [6.45, 7) is 3.47. The number of fused-ring (bicyclic) bond motifs is 1. The van der Waals surface area contributed by atoms with Crippen LogP contribution in [0.25, 0.3) is 10.9 Å². The highest BCUT2D eigenvalue weighted by atomic mass is 16.4. The van der Waals surface area contributed by atoms with E-state index in [9.17, 15) is 39.0 Å². The molecule has 0 fully saturated rings. The molecular weight excluding hydrogens is 536 g/mol. The molecule has 1 heterocycles. The molecule has 2 rings (SSSR count). The Balaban J connectivity index is 2.20. The lowest BCUT2D eigenvalue weighted by Gasteiger charge is -2.28. The molecule has 0 spiro atoms. The van der Waals surface area contributed by atoms with Gasteiger partial charge in [0.05, 0.1) is 6.04 Å². The number of carboxylic acids is 2. The number of aliphatic carboxylic acids is 2. The van der Waals surface area contributed by atoms with Crippen LogP contribution in [-0.2, 0) is 35.2 Å². The van der Waals surface area contributed by atoms with Crippen molar-refractivity contribution in [2.75, 3.05) is 0 Å². The topological polar surface area (TPSA) is 247 Å². The summed E-state index contributed by atoms with van der Waals surface area (Å²) >= 11 is 0. The van der Waals surface area contributed by atoms with Gasteiger partial charge in [-0.25, -0.2) is 4.79 Å². The van der Waals surface area contributed by atoms with Gasteiger partial charge in [-0.1, -0.05) is 38.5 Å². The summed E-state index contributed by atoms with van der Waals surface area (Å²) in [7, 11) is 0. The number of carbonyl (C=O) groups is 6. The number of para-hydroxylation sites is 1. The Morgan fingerprint density at radius 1 is 0.902 bits per heavy atom. The number of hydrogen-bond acceptors (Lipinski definition) is 7. The van der Waals surface area contributed by atoms with Crippen LogP contribution < -0.4 is 27.4 Å². The smallest absolute Gasteiger partial charge is 0.326 e. The third kappa shape index (κ3) is 9.90. The molecule has 0 radical (unpaired) electrons. The molecule has 0 saturated carbocycles. The van der Waals surface area contributed by atoms with Crippen molar-refractivity contribution >= 4 is 46.5 Å². The number of aromatic nitrogens is 1. The van der Waals surface area contributed by atoms with Gasteiger partial charge in [-0.3, -0.25) is 24.0 Å². The molecule has 1 aromatic carbocycles. The Bertz CT molecular complexity index is 1260. The van der Waals surface area contributed by atoms with Gasteiger partial charge >= 0.3 is 11.9 Å². The number of H-pyrrole nitrogens is 1. The van der Waals surface area contributed by atoms with Crippen molar-refractivity contribution in [3.05, 3.63) is 36.0 Å². The first kappa shape index (κ1) is 32.8. The number of nitrogens with one attached hydrogen (secondary N) is 4. The number of rotatable bonds is 17. The second kappa shape index (κ2) is 15.4. The molecule has 0 aliphatic carbocycles. The van der Waals surface area contributed by atoms with Gasteiger partial charge in [0.2, 0.25) is 23.6 Å². The van der Waals surface area contributed by atoms with Crippen LogP contribution >= 0.6 is 0 Å². The van der Waals surface area contributed by atoms with Gasteiger partial charge in [0.25, 0.3) is 0 Å². The van der Waals surface area contributed by atoms with Crippen molar-refractivity contribution in [1.82, 2.24) is 20.9 Å². The summed E-state index contributed by atoms with van der Waals surface area (Å²) in [6.07, 6.45) is 1.04. The molecule has 1 aromatic heterocycles. The maximum Gasteiger partial charge on any atom is 0.326 e. The van der Waals surface area contributed by atoms with Crippen LogP contribution in [0.4, 0.5) is 0 Å². The van der Waals surface area contributed by atoms with Crippen molar-refractivity contribution in [3.8, 4) is 0 Å². The summed E-state index contributed by atoms with van der Waals surface area (Å²) in [5.74, 6) is -5.97. The minimum absolute atomic E-state index is 0.0351. The average molecular weight is 575 g/mol. The molecule has 0 bridgehead atoms. The number of hydrogen-bond donors (Lipinski definition) is 8. The maximum atomic E-state index is 13.3. The fourth-order valence-electron chi connectivity index (χ4n) is 4.18. The summed E-state index contributed by atoms with van der Waals surface area (Å²) < 4.78 is 0. The van der Waals surface area contributed by atoms with Crippen LogP contribution in [0.5, 0.6) is 0 Å². The second-order valence-electron chi connectivity index (χ2n) is 9.94. The van der Waals surface area contributed by atoms with Gasteiger partial charge in [0.1, 0.15) is 18.1 Å². The van der Waals surface area contributed by atoms with E-state index in [-0.39, 0.29) is 25.7 Å². The first-order valence-electron chi connectivity index (χ1n) is 13.3. The minimum atomic E-state index is -1.41. The summed E-state index contributed by atoms with van der Waals surface area (Å²) in [4.78, 5) is 76.4. The van der Waals surface area contributed by atoms with Crippen molar-refractivity contribution in [2.45, 2.75) is 76.5 Å². The van der Waals surface area contributed by atoms with E-state index in [4.69, 9.17) is 11.5 Å². The molecule has 5 atom stereocenters. The first-order chi connectivity index (χ1) is 19.3. The fourth-order valence-corrected chi connectivity index (χ4v) is 4.18. The standard InChI is InChI=1S/C27H38N6O8/c1-3-14(2)23(33-24(37)17(28)8-10-21(29)34)26(39)31-19(9-11-22(35)36)25(38)32-20(27(40)41)12-15-13-30-18-7-5-4-6-16(15)18/h4-7,13-14,17,19-20,23,30H,3,8-12,28H2,1-2H3,(H2,29,34)(H,31,39)(H,32,38)(H,33,37)(H,35,36)(H,40,41)/t14-,17-,19+,20+,23+/m0/s1. The van der Waals surface area contributed by atoms with E-state index in [2.05, 4.69) is 20.9 Å². The number of amides is 4. The van der Waals surface area contributed by atoms with Crippen LogP contribution in [0.15, 0.2) is 30.5 Å². The number of primary amides is 1. The number of aromatic amines is 1. The van der Waals surface area contributed by atoms with Gasteiger partial charge in [-0.15, -0.1) is 0 Å². The normalized spacial score (nSPS) is 14.7. The summed E-state index contributed by atoms with van der Waals surface area (Å²) in [5, 5.41) is 27.2. The van der Waals surface area contributed by atoms with E-state index in [0.29, 0.717) is 12.0 Å². The van der Waals surface area contributed by atoms with Gasteiger partial charge in [0.15, 0.2) is 0 Å². The van der Waals surface area contributed by atoms with Crippen LogP contribution in [0.3, 0.4) is 0 Å². The lowest BCUT2D eigenvalue weighted by molar-refractivity contribution is -0.143. The van der Waals surface area contributed by atoms with E-state index in [0.717, 1.165) is 10.9 Å². The van der Waals surface area contributed by atoms with Gasteiger partial charge in [0, 0.05) is 36.4 Å². The number of carboxylic acid groups (broad SMARTS) is 2. The molecule has 2 aromatic rings. The van der Waals surface area contributed by atoms with E-state index in [1.165, 1.54) is 0 Å².